The molecule has 300 valence electrons. The zero-order chi connectivity index (χ0) is 37.3. The van der Waals surface area contributed by atoms with Gasteiger partial charge in [0.1, 0.15) is 13.2 Å². The third-order valence-electron chi connectivity index (χ3n) is 6.36. The van der Waals surface area contributed by atoms with Crippen molar-refractivity contribution in [1.82, 2.24) is 0 Å². The number of carboxylic acids is 1. The van der Waals surface area contributed by atoms with Crippen LogP contribution in [0.15, 0.2) is 0 Å². The summed E-state index contributed by atoms with van der Waals surface area (Å²) in [6.07, 6.45) is 4.04. The minimum absolute atomic E-state index is 0.0100. The molecule has 0 aromatic heterocycles. The van der Waals surface area contributed by atoms with Crippen molar-refractivity contribution >= 4 is 23.7 Å². The standard InChI is InChI=1S/C34H62O17/c1-2-3-4-5-6-32(36)50-29-27-48-25-23-46-21-19-44-17-15-42-13-11-40-9-10-41-12-14-43-16-18-45-20-22-47-24-26-49-28-30-51-33(37)8-7-31(35)34(38)39/h2-30H2,1H3,(H,38,39). The number of carboxylic acid groups (broad SMARTS) is 1. The van der Waals surface area contributed by atoms with Gasteiger partial charge in [0.15, 0.2) is 0 Å². The van der Waals surface area contributed by atoms with Gasteiger partial charge in [0.05, 0.1) is 139 Å². The van der Waals surface area contributed by atoms with Crippen LogP contribution in [0.2, 0.25) is 0 Å². The van der Waals surface area contributed by atoms with Crippen LogP contribution in [0.4, 0.5) is 0 Å². The van der Waals surface area contributed by atoms with Gasteiger partial charge in [-0.05, 0) is 6.42 Å². The number of esters is 2. The molecule has 0 aromatic rings. The number of Topliss-reactive ketones (excluding diaryl/α,β-unsaturated/α-hetero) is 1. The fourth-order valence-corrected chi connectivity index (χ4v) is 3.67. The van der Waals surface area contributed by atoms with Gasteiger partial charge in [-0.25, -0.2) is 4.79 Å². The summed E-state index contributed by atoms with van der Waals surface area (Å²) in [6, 6.07) is 0. The van der Waals surface area contributed by atoms with E-state index in [1.165, 1.54) is 0 Å². The molecule has 51 heavy (non-hydrogen) atoms. The Morgan fingerprint density at radius 3 is 0.902 bits per heavy atom. The highest BCUT2D eigenvalue weighted by Gasteiger charge is 2.14. The van der Waals surface area contributed by atoms with E-state index in [2.05, 4.69) is 6.92 Å². The van der Waals surface area contributed by atoms with Crippen molar-refractivity contribution in [2.45, 2.75) is 51.9 Å². The Hall–Kier alpha value is -2.32. The van der Waals surface area contributed by atoms with Gasteiger partial charge in [-0.15, -0.1) is 0 Å². The van der Waals surface area contributed by atoms with Gasteiger partial charge >= 0.3 is 17.9 Å². The molecule has 0 saturated heterocycles. The summed E-state index contributed by atoms with van der Waals surface area (Å²) in [5, 5.41) is 8.45. The van der Waals surface area contributed by atoms with Gasteiger partial charge in [-0.1, -0.05) is 26.2 Å². The smallest absolute Gasteiger partial charge is 0.372 e. The van der Waals surface area contributed by atoms with Crippen molar-refractivity contribution in [3.8, 4) is 0 Å². The van der Waals surface area contributed by atoms with Crippen molar-refractivity contribution in [2.75, 3.05) is 145 Å². The lowest BCUT2D eigenvalue weighted by Gasteiger charge is -2.09. The molecule has 0 rings (SSSR count). The summed E-state index contributed by atoms with van der Waals surface area (Å²) in [5.41, 5.74) is 0. The molecular weight excluding hydrogens is 680 g/mol. The highest BCUT2D eigenvalue weighted by molar-refractivity contribution is 6.32. The molecule has 0 aliphatic rings. The van der Waals surface area contributed by atoms with Crippen LogP contribution in [-0.2, 0) is 76.0 Å². The number of hydrogen-bond donors (Lipinski definition) is 1. The van der Waals surface area contributed by atoms with E-state index >= 15 is 0 Å². The van der Waals surface area contributed by atoms with Gasteiger partial charge in [-0.3, -0.25) is 14.4 Å². The van der Waals surface area contributed by atoms with E-state index < -0.39 is 17.7 Å². The van der Waals surface area contributed by atoms with Gasteiger partial charge in [-0.2, -0.15) is 0 Å². The zero-order valence-electron chi connectivity index (χ0n) is 30.5. The van der Waals surface area contributed by atoms with Crippen LogP contribution >= 0.6 is 0 Å². The van der Waals surface area contributed by atoms with Crippen LogP contribution in [0.1, 0.15) is 51.9 Å². The highest BCUT2D eigenvalue weighted by Crippen LogP contribution is 2.03. The van der Waals surface area contributed by atoms with Crippen molar-refractivity contribution in [3.63, 3.8) is 0 Å². The summed E-state index contributed by atoms with van der Waals surface area (Å²) in [7, 11) is 0. The predicted molar refractivity (Wildman–Crippen MR) is 181 cm³/mol. The summed E-state index contributed by atoms with van der Waals surface area (Å²) < 4.78 is 64.1. The van der Waals surface area contributed by atoms with Gasteiger partial charge in [0.25, 0.3) is 0 Å². The molecular formula is C34H62O17. The molecule has 17 nitrogen and oxygen atoms in total. The van der Waals surface area contributed by atoms with E-state index in [1.54, 1.807) is 0 Å². The molecule has 17 heteroatoms. The maximum Gasteiger partial charge on any atom is 0.372 e. The SMILES string of the molecule is CCCCCCC(=O)OCCOCCOCCOCCOCCOCCOCCOCCOCCOCCOCCOC(=O)CCC(=O)C(=O)O. The topological polar surface area (TPSA) is 199 Å². The first-order valence-corrected chi connectivity index (χ1v) is 17.8. The quantitative estimate of drug-likeness (QED) is 0.0537. The molecule has 0 amide bonds. The number of ketones is 1. The lowest BCUT2D eigenvalue weighted by Crippen LogP contribution is -2.17. The number of aliphatic carboxylic acids is 1. The maximum atomic E-state index is 11.5. The van der Waals surface area contributed by atoms with E-state index in [4.69, 9.17) is 61.9 Å². The third-order valence-corrected chi connectivity index (χ3v) is 6.36. The average molecular weight is 743 g/mol. The minimum Gasteiger partial charge on any atom is -0.476 e. The van der Waals surface area contributed by atoms with E-state index in [0.29, 0.717) is 132 Å². The van der Waals surface area contributed by atoms with Gasteiger partial charge < -0.3 is 61.9 Å². The van der Waals surface area contributed by atoms with Gasteiger partial charge in [0, 0.05) is 12.8 Å². The van der Waals surface area contributed by atoms with Crippen LogP contribution in [0.3, 0.4) is 0 Å². The third kappa shape index (κ3) is 40.3. The number of rotatable bonds is 42. The Labute approximate surface area is 302 Å². The first kappa shape index (κ1) is 48.7. The van der Waals surface area contributed by atoms with E-state index in [-0.39, 0.29) is 38.6 Å². The Morgan fingerprint density at radius 1 is 0.353 bits per heavy atom. The lowest BCUT2D eigenvalue weighted by atomic mass is 10.2. The number of unbranched alkanes of at least 4 members (excludes halogenated alkanes) is 3. The number of carbonyl (C=O) groups is 4. The first-order chi connectivity index (χ1) is 25.0. The summed E-state index contributed by atoms with van der Waals surface area (Å²) in [4.78, 5) is 44.2. The molecule has 0 saturated carbocycles. The second-order valence-electron chi connectivity index (χ2n) is 10.6. The van der Waals surface area contributed by atoms with Crippen molar-refractivity contribution < 1.29 is 81.1 Å². The average Bonchev–Trinajstić information content (AvgIpc) is 3.12. The van der Waals surface area contributed by atoms with E-state index in [9.17, 15) is 19.2 Å². The van der Waals surface area contributed by atoms with Crippen molar-refractivity contribution in [3.05, 3.63) is 0 Å². The van der Waals surface area contributed by atoms with Crippen LogP contribution in [0, 0.1) is 0 Å². The van der Waals surface area contributed by atoms with E-state index in [0.717, 1.165) is 25.7 Å². The molecule has 0 unspecified atom stereocenters. The molecule has 1 N–H and O–H groups in total. The molecule has 0 heterocycles. The zero-order valence-corrected chi connectivity index (χ0v) is 30.5. The van der Waals surface area contributed by atoms with Crippen LogP contribution in [-0.4, -0.2) is 174 Å². The Balaban J connectivity index is 3.14. The Morgan fingerprint density at radius 2 is 0.627 bits per heavy atom. The molecule has 0 radical (unpaired) electrons. The lowest BCUT2D eigenvalue weighted by molar-refractivity contribution is -0.151. The minimum atomic E-state index is -1.57. The predicted octanol–water partition coefficient (Wildman–Crippen LogP) is 1.64. The first-order valence-electron chi connectivity index (χ1n) is 17.8. The van der Waals surface area contributed by atoms with Crippen molar-refractivity contribution in [1.29, 1.82) is 0 Å². The summed E-state index contributed by atoms with van der Waals surface area (Å²) in [6.45, 7) is 10.8. The molecule has 0 atom stereocenters. The normalized spacial score (nSPS) is 11.2. The number of carbonyl (C=O) groups excluding carboxylic acids is 3. The fourth-order valence-electron chi connectivity index (χ4n) is 3.67. The molecule has 0 fully saturated rings. The fraction of sp³-hybridized carbons (Fsp3) is 0.882. The molecule has 0 aromatic carbocycles. The number of ether oxygens (including phenoxy) is 12. The monoisotopic (exact) mass is 742 g/mol. The van der Waals surface area contributed by atoms with Gasteiger partial charge in [0.2, 0.25) is 5.78 Å². The van der Waals surface area contributed by atoms with Crippen LogP contribution in [0.25, 0.3) is 0 Å². The number of hydrogen-bond acceptors (Lipinski definition) is 16. The highest BCUT2D eigenvalue weighted by atomic mass is 16.6. The summed E-state index contributed by atoms with van der Waals surface area (Å²) in [5.74, 6) is -3.41. The molecule has 0 spiro atoms. The molecule has 0 bridgehead atoms. The molecule has 0 aliphatic heterocycles. The largest absolute Gasteiger partial charge is 0.476 e. The van der Waals surface area contributed by atoms with E-state index in [1.807, 2.05) is 0 Å². The second kappa shape index (κ2) is 40.5. The Kier molecular flexibility index (Phi) is 38.6. The summed E-state index contributed by atoms with van der Waals surface area (Å²) >= 11 is 0. The Bertz CT molecular complexity index is 814. The van der Waals surface area contributed by atoms with Crippen LogP contribution in [0.5, 0.6) is 0 Å². The second-order valence-corrected chi connectivity index (χ2v) is 10.6. The molecule has 0 aliphatic carbocycles. The van der Waals surface area contributed by atoms with Crippen molar-refractivity contribution in [2.24, 2.45) is 0 Å². The maximum absolute atomic E-state index is 11.5. The van der Waals surface area contributed by atoms with Crippen LogP contribution < -0.4 is 0 Å².